The number of benzene rings is 2. The number of sulfonamides is 1. The Morgan fingerprint density at radius 2 is 1.63 bits per heavy atom. The maximum atomic E-state index is 13.3. The van der Waals surface area contributed by atoms with Gasteiger partial charge in [-0.1, -0.05) is 18.2 Å². The molecule has 1 heterocycles. The highest BCUT2D eigenvalue weighted by atomic mass is 32.2. The van der Waals surface area contributed by atoms with Crippen molar-refractivity contribution in [1.29, 1.82) is 0 Å². The predicted octanol–water partition coefficient (Wildman–Crippen LogP) is 3.96. The number of para-hydroxylation sites is 1. The minimum absolute atomic E-state index is 0.0964. The van der Waals surface area contributed by atoms with Crippen LogP contribution in [0, 0.1) is 13.8 Å². The number of halogens is 3. The van der Waals surface area contributed by atoms with Crippen LogP contribution in [-0.4, -0.2) is 13.4 Å². The zero-order valence-corrected chi connectivity index (χ0v) is 15.1. The Labute approximate surface area is 152 Å². The summed E-state index contributed by atoms with van der Waals surface area (Å²) in [5.41, 5.74) is -0.472. The van der Waals surface area contributed by atoms with E-state index in [1.807, 2.05) is 0 Å². The second-order valence-electron chi connectivity index (χ2n) is 6.12. The van der Waals surface area contributed by atoms with Gasteiger partial charge in [-0.2, -0.15) is 13.2 Å². The quantitative estimate of drug-likeness (QED) is 0.703. The molecule has 0 aliphatic rings. The molecule has 0 atom stereocenters. The monoisotopic (exact) mass is 396 g/mol. The molecule has 0 aliphatic heterocycles. The van der Waals surface area contributed by atoms with E-state index in [0.29, 0.717) is 22.9 Å². The highest BCUT2D eigenvalue weighted by Crippen LogP contribution is 2.34. The number of aryl methyl sites for hydroxylation is 2. The Hall–Kier alpha value is -2.81. The standard InChI is InChI=1S/C18H15F3N2O3S/c1-10-4-3-5-11(2)17(10)23-27(25,26)12-6-7-15-13(8-12)14(18(19,20)21)9-16(24)22-15/h3-9,23H,1-2H3,(H,22,24). The topological polar surface area (TPSA) is 79.0 Å². The molecule has 0 fully saturated rings. The van der Waals surface area contributed by atoms with Crippen molar-refractivity contribution in [3.8, 4) is 0 Å². The molecule has 3 aromatic rings. The fourth-order valence-electron chi connectivity index (χ4n) is 2.80. The van der Waals surface area contributed by atoms with Crippen molar-refractivity contribution in [3.63, 3.8) is 0 Å². The van der Waals surface area contributed by atoms with Crippen molar-refractivity contribution in [3.05, 3.63) is 69.5 Å². The number of hydrogen-bond acceptors (Lipinski definition) is 3. The van der Waals surface area contributed by atoms with Crippen molar-refractivity contribution in [2.75, 3.05) is 4.72 Å². The first kappa shape index (κ1) is 19.0. The summed E-state index contributed by atoms with van der Waals surface area (Å²) >= 11 is 0. The highest BCUT2D eigenvalue weighted by molar-refractivity contribution is 7.92. The summed E-state index contributed by atoms with van der Waals surface area (Å²) in [5.74, 6) is 0. The van der Waals surface area contributed by atoms with Crippen LogP contribution in [0.15, 0.2) is 52.2 Å². The van der Waals surface area contributed by atoms with Crippen molar-refractivity contribution in [1.82, 2.24) is 4.98 Å². The molecule has 0 spiro atoms. The number of alkyl halides is 3. The molecule has 0 amide bonds. The van der Waals surface area contributed by atoms with E-state index in [4.69, 9.17) is 0 Å². The van der Waals surface area contributed by atoms with Crippen LogP contribution >= 0.6 is 0 Å². The van der Waals surface area contributed by atoms with Crippen LogP contribution in [0.1, 0.15) is 16.7 Å². The van der Waals surface area contributed by atoms with Crippen molar-refractivity contribution in [2.24, 2.45) is 0 Å². The molecule has 9 heteroatoms. The Balaban J connectivity index is 2.17. The summed E-state index contributed by atoms with van der Waals surface area (Å²) in [6.45, 7) is 3.44. The molecule has 0 saturated heterocycles. The first-order valence-corrected chi connectivity index (χ1v) is 9.31. The molecular weight excluding hydrogens is 381 g/mol. The van der Waals surface area contributed by atoms with Gasteiger partial charge in [0.2, 0.25) is 5.56 Å². The second kappa shape index (κ2) is 6.41. The van der Waals surface area contributed by atoms with Crippen LogP contribution in [0.5, 0.6) is 0 Å². The smallest absolute Gasteiger partial charge is 0.322 e. The molecule has 2 N–H and O–H groups in total. The molecule has 0 bridgehead atoms. The highest BCUT2D eigenvalue weighted by Gasteiger charge is 2.33. The normalized spacial score (nSPS) is 12.3. The summed E-state index contributed by atoms with van der Waals surface area (Å²) in [7, 11) is -4.13. The van der Waals surface area contributed by atoms with E-state index in [2.05, 4.69) is 9.71 Å². The SMILES string of the molecule is Cc1cccc(C)c1NS(=O)(=O)c1ccc2[nH]c(=O)cc(C(F)(F)F)c2c1. The number of hydrogen-bond donors (Lipinski definition) is 2. The van der Waals surface area contributed by atoms with E-state index in [1.165, 1.54) is 0 Å². The molecule has 2 aromatic carbocycles. The fraction of sp³-hybridized carbons (Fsp3) is 0.167. The zero-order chi connectivity index (χ0) is 20.0. The molecule has 0 radical (unpaired) electrons. The van der Waals surface area contributed by atoms with Gasteiger partial charge in [-0.05, 0) is 43.2 Å². The Morgan fingerprint density at radius 1 is 1.00 bits per heavy atom. The number of pyridine rings is 1. The van der Waals surface area contributed by atoms with E-state index in [9.17, 15) is 26.4 Å². The van der Waals surface area contributed by atoms with Gasteiger partial charge in [0.15, 0.2) is 0 Å². The maximum Gasteiger partial charge on any atom is 0.417 e. The molecule has 0 saturated carbocycles. The molecular formula is C18H15F3N2O3S. The minimum atomic E-state index is -4.80. The summed E-state index contributed by atoms with van der Waals surface area (Å²) in [5, 5.41) is -0.397. The predicted molar refractivity (Wildman–Crippen MR) is 96.3 cm³/mol. The summed E-state index contributed by atoms with van der Waals surface area (Å²) in [6.07, 6.45) is -4.80. The second-order valence-corrected chi connectivity index (χ2v) is 7.81. The number of rotatable bonds is 3. The molecule has 142 valence electrons. The largest absolute Gasteiger partial charge is 0.417 e. The Morgan fingerprint density at radius 3 is 2.22 bits per heavy atom. The summed E-state index contributed by atoms with van der Waals surface area (Å²) < 4.78 is 67.6. The third-order valence-corrected chi connectivity index (χ3v) is 5.50. The van der Waals surface area contributed by atoms with E-state index >= 15 is 0 Å². The van der Waals surface area contributed by atoms with Crippen LogP contribution in [0.4, 0.5) is 18.9 Å². The zero-order valence-electron chi connectivity index (χ0n) is 14.3. The number of aromatic nitrogens is 1. The van der Waals surface area contributed by atoms with Crippen molar-refractivity contribution in [2.45, 2.75) is 24.9 Å². The van der Waals surface area contributed by atoms with E-state index in [0.717, 1.165) is 18.2 Å². The molecule has 5 nitrogen and oxygen atoms in total. The molecule has 0 unspecified atom stereocenters. The lowest BCUT2D eigenvalue weighted by Gasteiger charge is -2.15. The molecule has 0 aliphatic carbocycles. The summed E-state index contributed by atoms with van der Waals surface area (Å²) in [4.78, 5) is 13.4. The van der Waals surface area contributed by atoms with Crippen LogP contribution in [0.2, 0.25) is 0 Å². The number of anilines is 1. The minimum Gasteiger partial charge on any atom is -0.322 e. The lowest BCUT2D eigenvalue weighted by molar-refractivity contribution is -0.136. The van der Waals surface area contributed by atoms with Crippen LogP contribution in [-0.2, 0) is 16.2 Å². The van der Waals surface area contributed by atoms with E-state index in [-0.39, 0.29) is 10.4 Å². The van der Waals surface area contributed by atoms with Crippen LogP contribution in [0.3, 0.4) is 0 Å². The van der Waals surface area contributed by atoms with Gasteiger partial charge in [0.1, 0.15) is 0 Å². The maximum absolute atomic E-state index is 13.3. The number of aromatic amines is 1. The number of H-pyrrole nitrogens is 1. The van der Waals surface area contributed by atoms with E-state index < -0.39 is 32.7 Å². The van der Waals surface area contributed by atoms with Crippen molar-refractivity contribution < 1.29 is 21.6 Å². The van der Waals surface area contributed by atoms with Gasteiger partial charge in [0, 0.05) is 17.0 Å². The van der Waals surface area contributed by atoms with Gasteiger partial charge in [-0.15, -0.1) is 0 Å². The van der Waals surface area contributed by atoms with Gasteiger partial charge < -0.3 is 4.98 Å². The average molecular weight is 396 g/mol. The van der Waals surface area contributed by atoms with Gasteiger partial charge in [0.05, 0.1) is 16.1 Å². The fourth-order valence-corrected chi connectivity index (χ4v) is 4.03. The third-order valence-electron chi connectivity index (χ3n) is 4.15. The molecule has 3 rings (SSSR count). The molecule has 1 aromatic heterocycles. The lowest BCUT2D eigenvalue weighted by atomic mass is 10.1. The summed E-state index contributed by atoms with van der Waals surface area (Å²) in [6, 6.07) is 8.82. The first-order chi connectivity index (χ1) is 12.5. The lowest BCUT2D eigenvalue weighted by Crippen LogP contribution is -2.16. The average Bonchev–Trinajstić information content (AvgIpc) is 2.56. The van der Waals surface area contributed by atoms with Crippen molar-refractivity contribution >= 4 is 26.6 Å². The van der Waals surface area contributed by atoms with Gasteiger partial charge in [-0.3, -0.25) is 9.52 Å². The Bertz CT molecular complexity index is 1180. The van der Waals surface area contributed by atoms with Gasteiger partial charge >= 0.3 is 6.18 Å². The molecule has 27 heavy (non-hydrogen) atoms. The number of nitrogens with one attached hydrogen (secondary N) is 2. The number of fused-ring (bicyclic) bond motifs is 1. The van der Waals surface area contributed by atoms with Gasteiger partial charge in [-0.25, -0.2) is 8.42 Å². The third kappa shape index (κ3) is 3.68. The Kier molecular flexibility index (Phi) is 4.51. The van der Waals surface area contributed by atoms with Crippen LogP contribution in [0.25, 0.3) is 10.9 Å². The van der Waals surface area contributed by atoms with Gasteiger partial charge in [0.25, 0.3) is 10.0 Å². The van der Waals surface area contributed by atoms with E-state index in [1.54, 1.807) is 32.0 Å². The van der Waals surface area contributed by atoms with Crippen LogP contribution < -0.4 is 10.3 Å². The first-order valence-electron chi connectivity index (χ1n) is 7.82.